The van der Waals surface area contributed by atoms with E-state index in [4.69, 9.17) is 5.11 Å². The van der Waals surface area contributed by atoms with Crippen LogP contribution in [0.5, 0.6) is 0 Å². The number of likely N-dealkylation sites (tertiary alicyclic amines) is 1. The second-order valence-electron chi connectivity index (χ2n) is 6.04. The van der Waals surface area contributed by atoms with Crippen molar-refractivity contribution in [2.24, 2.45) is 11.8 Å². The van der Waals surface area contributed by atoms with E-state index in [1.165, 1.54) is 12.1 Å². The molecule has 1 heterocycles. The van der Waals surface area contributed by atoms with Gasteiger partial charge in [0.1, 0.15) is 0 Å². The average Bonchev–Trinajstić information content (AvgIpc) is 2.90. The van der Waals surface area contributed by atoms with E-state index in [2.05, 4.69) is 4.72 Å². The summed E-state index contributed by atoms with van der Waals surface area (Å²) in [5.74, 6) is -1.62. The quantitative estimate of drug-likeness (QED) is 0.783. The van der Waals surface area contributed by atoms with Crippen molar-refractivity contribution in [3.8, 4) is 0 Å². The van der Waals surface area contributed by atoms with Crippen LogP contribution in [0.3, 0.4) is 0 Å². The molecule has 1 amide bonds. The summed E-state index contributed by atoms with van der Waals surface area (Å²) in [5, 5.41) is 9.12. The van der Waals surface area contributed by atoms with Gasteiger partial charge in [-0.3, -0.25) is 9.59 Å². The lowest BCUT2D eigenvalue weighted by Gasteiger charge is -2.16. The summed E-state index contributed by atoms with van der Waals surface area (Å²) in [6.45, 7) is 4.49. The third-order valence-corrected chi connectivity index (χ3v) is 5.77. The molecule has 7 nitrogen and oxygen atoms in total. The van der Waals surface area contributed by atoms with Gasteiger partial charge in [0.2, 0.25) is 15.9 Å². The first-order valence-corrected chi connectivity index (χ1v) is 9.32. The number of hydrogen-bond donors (Lipinski definition) is 2. The highest BCUT2D eigenvalue weighted by atomic mass is 32.2. The number of carbonyl (C=O) groups excluding carboxylic acids is 1. The smallest absolute Gasteiger partial charge is 0.308 e. The number of nitrogens with one attached hydrogen (secondary N) is 1. The summed E-state index contributed by atoms with van der Waals surface area (Å²) < 4.78 is 26.1. The summed E-state index contributed by atoms with van der Waals surface area (Å²) >= 11 is 0. The van der Waals surface area contributed by atoms with E-state index < -0.39 is 21.9 Å². The van der Waals surface area contributed by atoms with Crippen LogP contribution in [0.15, 0.2) is 29.2 Å². The number of amides is 1. The van der Waals surface area contributed by atoms with Gasteiger partial charge in [-0.1, -0.05) is 26.0 Å². The number of benzene rings is 1. The van der Waals surface area contributed by atoms with E-state index in [1.807, 2.05) is 6.92 Å². The number of aliphatic carboxylic acids is 1. The topological polar surface area (TPSA) is 104 Å². The molecule has 8 heteroatoms. The number of carbonyl (C=O) groups is 2. The molecule has 1 aliphatic rings. The number of nitrogens with zero attached hydrogens (tertiary/aromatic N) is 1. The highest BCUT2D eigenvalue weighted by molar-refractivity contribution is 7.89. The maximum Gasteiger partial charge on any atom is 0.308 e. The second-order valence-corrected chi connectivity index (χ2v) is 7.81. The minimum atomic E-state index is -3.51. The van der Waals surface area contributed by atoms with Crippen LogP contribution >= 0.6 is 0 Å². The van der Waals surface area contributed by atoms with Crippen LogP contribution in [-0.2, 0) is 26.0 Å². The van der Waals surface area contributed by atoms with Crippen molar-refractivity contribution in [3.63, 3.8) is 0 Å². The zero-order valence-corrected chi connectivity index (χ0v) is 14.5. The Labute approximate surface area is 141 Å². The van der Waals surface area contributed by atoms with Crippen LogP contribution in [0.2, 0.25) is 0 Å². The lowest BCUT2D eigenvalue weighted by molar-refractivity contribution is -0.142. The van der Waals surface area contributed by atoms with E-state index in [-0.39, 0.29) is 29.7 Å². The van der Waals surface area contributed by atoms with Crippen LogP contribution in [0.4, 0.5) is 0 Å². The van der Waals surface area contributed by atoms with Gasteiger partial charge in [0.25, 0.3) is 0 Å². The summed E-state index contributed by atoms with van der Waals surface area (Å²) in [4.78, 5) is 25.2. The van der Waals surface area contributed by atoms with Gasteiger partial charge in [0.15, 0.2) is 0 Å². The Morgan fingerprint density at radius 3 is 2.38 bits per heavy atom. The fraction of sp³-hybridized carbons (Fsp3) is 0.500. The molecule has 2 atom stereocenters. The maximum absolute atomic E-state index is 12.3. The molecule has 24 heavy (non-hydrogen) atoms. The molecule has 0 aromatic heterocycles. The van der Waals surface area contributed by atoms with Crippen LogP contribution in [-0.4, -0.2) is 49.9 Å². The predicted molar refractivity (Wildman–Crippen MR) is 87.9 cm³/mol. The Balaban J connectivity index is 2.02. The molecule has 1 aromatic carbocycles. The molecule has 1 aliphatic heterocycles. The standard InChI is InChI=1S/C16H22N2O5S/c1-3-17-24(22,23)13-6-4-12(5-7-13)8-15(19)18-9-11(2)14(10-18)16(20)21/h4-7,11,14,17H,3,8-10H2,1-2H3,(H,20,21)/t11-,14-/m1/s1. The molecule has 132 valence electrons. The van der Waals surface area contributed by atoms with Crippen molar-refractivity contribution < 1.29 is 23.1 Å². The van der Waals surface area contributed by atoms with E-state index in [0.29, 0.717) is 18.7 Å². The van der Waals surface area contributed by atoms with Gasteiger partial charge in [-0.05, 0) is 23.6 Å². The molecule has 0 spiro atoms. The summed E-state index contributed by atoms with van der Waals surface area (Å²) in [7, 11) is -3.51. The second kappa shape index (κ2) is 7.31. The van der Waals surface area contributed by atoms with Gasteiger partial charge >= 0.3 is 5.97 Å². The molecule has 2 N–H and O–H groups in total. The molecule has 0 unspecified atom stereocenters. The van der Waals surface area contributed by atoms with Gasteiger partial charge in [-0.2, -0.15) is 0 Å². The SMILES string of the molecule is CCNS(=O)(=O)c1ccc(CC(=O)N2C[C@@H](C)[C@H](C(=O)O)C2)cc1. The van der Waals surface area contributed by atoms with Gasteiger partial charge in [-0.25, -0.2) is 13.1 Å². The van der Waals surface area contributed by atoms with E-state index in [1.54, 1.807) is 24.0 Å². The normalized spacial score (nSPS) is 21.0. The molecule has 0 bridgehead atoms. The molecule has 1 aromatic rings. The highest BCUT2D eigenvalue weighted by Gasteiger charge is 2.36. The third-order valence-electron chi connectivity index (χ3n) is 4.21. The third kappa shape index (κ3) is 4.12. The highest BCUT2D eigenvalue weighted by Crippen LogP contribution is 2.24. The lowest BCUT2D eigenvalue weighted by atomic mass is 9.99. The van der Waals surface area contributed by atoms with E-state index >= 15 is 0 Å². The zero-order valence-electron chi connectivity index (χ0n) is 13.7. The number of carboxylic acids is 1. The molecule has 1 fully saturated rings. The molecule has 0 saturated carbocycles. The summed E-state index contributed by atoms with van der Waals surface area (Å²) in [6, 6.07) is 6.15. The first-order valence-electron chi connectivity index (χ1n) is 7.83. The molecule has 0 aliphatic carbocycles. The molecule has 1 saturated heterocycles. The van der Waals surface area contributed by atoms with Gasteiger partial charge in [0, 0.05) is 19.6 Å². The van der Waals surface area contributed by atoms with Gasteiger partial charge in [-0.15, -0.1) is 0 Å². The number of rotatable bonds is 6. The van der Waals surface area contributed by atoms with Crippen molar-refractivity contribution in [2.75, 3.05) is 19.6 Å². The average molecular weight is 354 g/mol. The van der Waals surface area contributed by atoms with Crippen molar-refractivity contribution in [3.05, 3.63) is 29.8 Å². The van der Waals surface area contributed by atoms with E-state index in [0.717, 1.165) is 0 Å². The Morgan fingerprint density at radius 1 is 1.25 bits per heavy atom. The first-order chi connectivity index (χ1) is 11.2. The number of sulfonamides is 1. The van der Waals surface area contributed by atoms with E-state index in [9.17, 15) is 18.0 Å². The van der Waals surface area contributed by atoms with Gasteiger partial charge < -0.3 is 10.0 Å². The molecule has 0 radical (unpaired) electrons. The van der Waals surface area contributed by atoms with Crippen molar-refractivity contribution in [1.82, 2.24) is 9.62 Å². The minimum absolute atomic E-state index is 0.0703. The fourth-order valence-corrected chi connectivity index (χ4v) is 3.88. The fourth-order valence-electron chi connectivity index (χ4n) is 2.84. The molecule has 2 rings (SSSR count). The summed E-state index contributed by atoms with van der Waals surface area (Å²) in [6.07, 6.45) is 0.126. The number of carboxylic acid groups (broad SMARTS) is 1. The first kappa shape index (κ1) is 18.4. The Kier molecular flexibility index (Phi) is 5.61. The Morgan fingerprint density at radius 2 is 1.88 bits per heavy atom. The predicted octanol–water partition coefficient (Wildman–Crippen LogP) is 0.706. The monoisotopic (exact) mass is 354 g/mol. The molecular formula is C16H22N2O5S. The zero-order chi connectivity index (χ0) is 17.9. The van der Waals surface area contributed by atoms with Gasteiger partial charge in [0.05, 0.1) is 17.2 Å². The van der Waals surface area contributed by atoms with Crippen LogP contribution in [0.1, 0.15) is 19.4 Å². The van der Waals surface area contributed by atoms with Crippen LogP contribution in [0.25, 0.3) is 0 Å². The van der Waals surface area contributed by atoms with Crippen molar-refractivity contribution in [2.45, 2.75) is 25.2 Å². The minimum Gasteiger partial charge on any atom is -0.481 e. The lowest BCUT2D eigenvalue weighted by Crippen LogP contribution is -2.31. The van der Waals surface area contributed by atoms with Crippen LogP contribution < -0.4 is 4.72 Å². The van der Waals surface area contributed by atoms with Crippen LogP contribution in [0, 0.1) is 11.8 Å². The Bertz CT molecular complexity index is 714. The molecular weight excluding hydrogens is 332 g/mol. The Hall–Kier alpha value is -1.93. The number of hydrogen-bond acceptors (Lipinski definition) is 4. The summed E-state index contributed by atoms with van der Waals surface area (Å²) in [5.41, 5.74) is 0.696. The maximum atomic E-state index is 12.3. The van der Waals surface area contributed by atoms with Crippen molar-refractivity contribution in [1.29, 1.82) is 0 Å². The van der Waals surface area contributed by atoms with Crippen molar-refractivity contribution >= 4 is 21.9 Å². The largest absolute Gasteiger partial charge is 0.481 e.